The second-order valence-electron chi connectivity index (χ2n) is 7.57. The van der Waals surface area contributed by atoms with E-state index in [1.165, 1.54) is 0 Å². The Labute approximate surface area is 178 Å². The zero-order valence-electron chi connectivity index (χ0n) is 16.7. The molecule has 9 heteroatoms. The number of aliphatic hydroxyl groups is 1. The number of benzene rings is 2. The van der Waals surface area contributed by atoms with Gasteiger partial charge in [0.15, 0.2) is 6.10 Å². The van der Waals surface area contributed by atoms with E-state index in [0.717, 1.165) is 11.1 Å². The normalized spacial score (nSPS) is 22.7. The van der Waals surface area contributed by atoms with Gasteiger partial charge in [-0.2, -0.15) is 0 Å². The molecule has 1 aliphatic rings. The predicted molar refractivity (Wildman–Crippen MR) is 106 cm³/mol. The standard InChI is InChI=1S/C22H24N2O7/c23-22(30)24(12-11-16(13-24)31-19(21(28)29)18(25)20(26)27)17(14-7-3-1-4-8-14)15-9-5-2-6-10-15/h1-10,16-19,25H,11-13H2,(H3-,23,26,27,28,29,30)/t16?,18-,19?,24?/m0/s1. The zero-order chi connectivity index (χ0) is 22.6. The molecule has 0 saturated carbocycles. The van der Waals surface area contributed by atoms with E-state index in [-0.39, 0.29) is 24.0 Å². The molecule has 9 nitrogen and oxygen atoms in total. The molecule has 0 aliphatic carbocycles. The highest BCUT2D eigenvalue weighted by Crippen LogP contribution is 2.39. The van der Waals surface area contributed by atoms with Gasteiger partial charge in [-0.3, -0.25) is 0 Å². The first-order chi connectivity index (χ1) is 14.8. The molecular weight excluding hydrogens is 404 g/mol. The Morgan fingerprint density at radius 1 is 1.03 bits per heavy atom. The topological polar surface area (TPSA) is 150 Å². The molecular formula is C22H24N2O7. The van der Waals surface area contributed by atoms with Crippen molar-refractivity contribution in [3.8, 4) is 0 Å². The van der Waals surface area contributed by atoms with Crippen molar-refractivity contribution in [1.82, 2.24) is 0 Å². The smallest absolute Gasteiger partial charge is 0.414 e. The Morgan fingerprint density at radius 2 is 1.55 bits per heavy atom. The van der Waals surface area contributed by atoms with Gasteiger partial charge in [-0.1, -0.05) is 60.7 Å². The van der Waals surface area contributed by atoms with Crippen molar-refractivity contribution in [2.45, 2.75) is 30.8 Å². The minimum atomic E-state index is -2.34. The zero-order valence-corrected chi connectivity index (χ0v) is 16.7. The number of amides is 2. The Balaban J connectivity index is 1.97. The molecule has 2 aromatic carbocycles. The molecule has 0 spiro atoms. The van der Waals surface area contributed by atoms with Gasteiger partial charge in [0.1, 0.15) is 24.8 Å². The molecule has 2 aromatic rings. The number of carboxylic acids is 2. The number of urea groups is 1. The van der Waals surface area contributed by atoms with Gasteiger partial charge < -0.3 is 30.6 Å². The van der Waals surface area contributed by atoms with E-state index in [4.69, 9.17) is 10.5 Å². The van der Waals surface area contributed by atoms with Gasteiger partial charge in [0, 0.05) is 17.5 Å². The molecule has 0 bridgehead atoms. The van der Waals surface area contributed by atoms with E-state index >= 15 is 0 Å². The maximum Gasteiger partial charge on any atom is 0.414 e. The van der Waals surface area contributed by atoms with Crippen LogP contribution in [0.25, 0.3) is 0 Å². The summed E-state index contributed by atoms with van der Waals surface area (Å²) in [7, 11) is 0. The number of nitrogens with two attached hydrogens (primary N) is 1. The second-order valence-corrected chi connectivity index (χ2v) is 7.57. The Bertz CT molecular complexity index is 898. The van der Waals surface area contributed by atoms with Crippen LogP contribution in [0, 0.1) is 0 Å². The molecule has 31 heavy (non-hydrogen) atoms. The number of quaternary nitrogens is 1. The summed E-state index contributed by atoms with van der Waals surface area (Å²) in [6.07, 6.45) is -4.91. The molecule has 0 aromatic heterocycles. The summed E-state index contributed by atoms with van der Waals surface area (Å²) in [5, 5.41) is 29.9. The lowest BCUT2D eigenvalue weighted by molar-refractivity contribution is -0.864. The molecule has 1 fully saturated rings. The molecule has 4 N–H and O–H groups in total. The summed E-state index contributed by atoms with van der Waals surface area (Å²) in [6, 6.07) is 17.6. The van der Waals surface area contributed by atoms with Gasteiger partial charge >= 0.3 is 12.0 Å². The fourth-order valence-corrected chi connectivity index (χ4v) is 4.23. The van der Waals surface area contributed by atoms with Crippen LogP contribution in [0.2, 0.25) is 0 Å². The third-order valence-corrected chi connectivity index (χ3v) is 5.65. The van der Waals surface area contributed by atoms with E-state index in [1.54, 1.807) is 0 Å². The van der Waals surface area contributed by atoms with Gasteiger partial charge in [-0.15, -0.1) is 0 Å². The monoisotopic (exact) mass is 428 g/mol. The van der Waals surface area contributed by atoms with Crippen molar-refractivity contribution in [2.24, 2.45) is 5.73 Å². The van der Waals surface area contributed by atoms with Gasteiger partial charge in [0.25, 0.3) is 0 Å². The summed E-state index contributed by atoms with van der Waals surface area (Å²) in [6.45, 7) is 0.273. The number of carboxylic acid groups (broad SMARTS) is 2. The SMILES string of the molecule is NC(=O)[N+]1(C(c2ccccc2)c2ccccc2)CCC(OC(C(=O)O)[C@H](O)C(=O)[O-])C1. The lowest BCUT2D eigenvalue weighted by Gasteiger charge is -2.38. The summed E-state index contributed by atoms with van der Waals surface area (Å²) < 4.78 is 5.20. The highest BCUT2D eigenvalue weighted by Gasteiger charge is 2.52. The highest BCUT2D eigenvalue weighted by molar-refractivity contribution is 5.82. The number of ether oxygens (including phenoxy) is 1. The number of aliphatic hydroxyl groups excluding tert-OH is 1. The number of carbonyl (C=O) groups is 3. The average molecular weight is 428 g/mol. The lowest BCUT2D eigenvalue weighted by Crippen LogP contribution is -2.57. The fraction of sp³-hybridized carbons (Fsp3) is 0.318. The van der Waals surface area contributed by atoms with Crippen LogP contribution in [0.3, 0.4) is 0 Å². The minimum absolute atomic E-state index is 0.0212. The molecule has 2 amide bonds. The van der Waals surface area contributed by atoms with Crippen molar-refractivity contribution in [3.63, 3.8) is 0 Å². The Morgan fingerprint density at radius 3 is 1.97 bits per heavy atom. The second kappa shape index (κ2) is 9.25. The first kappa shape index (κ1) is 22.4. The summed E-state index contributed by atoms with van der Waals surface area (Å²) in [5.74, 6) is -3.59. The van der Waals surface area contributed by atoms with E-state index in [1.807, 2.05) is 60.7 Å². The minimum Gasteiger partial charge on any atom is -0.547 e. The summed E-state index contributed by atoms with van der Waals surface area (Å²) in [5.41, 5.74) is 7.57. The first-order valence-electron chi connectivity index (χ1n) is 9.80. The van der Waals surface area contributed by atoms with Crippen LogP contribution in [0.4, 0.5) is 4.79 Å². The number of nitrogens with zero attached hydrogens (tertiary/aromatic N) is 1. The van der Waals surface area contributed by atoms with Crippen LogP contribution in [0.1, 0.15) is 23.6 Å². The number of hydrogen-bond acceptors (Lipinski definition) is 6. The van der Waals surface area contributed by atoms with Crippen LogP contribution >= 0.6 is 0 Å². The third-order valence-electron chi connectivity index (χ3n) is 5.65. The third kappa shape index (κ3) is 4.58. The van der Waals surface area contributed by atoms with E-state index in [2.05, 4.69) is 0 Å². The number of hydrogen-bond donors (Lipinski definition) is 3. The molecule has 3 rings (SSSR count). The molecule has 1 saturated heterocycles. The molecule has 4 atom stereocenters. The lowest BCUT2D eigenvalue weighted by atomic mass is 9.95. The Hall–Kier alpha value is -3.27. The largest absolute Gasteiger partial charge is 0.547 e. The van der Waals surface area contributed by atoms with Gasteiger partial charge in [0.05, 0.1) is 12.5 Å². The van der Waals surface area contributed by atoms with Gasteiger partial charge in [0.2, 0.25) is 0 Å². The van der Waals surface area contributed by atoms with Crippen LogP contribution in [-0.4, -0.2) is 64.1 Å². The van der Waals surface area contributed by atoms with E-state index in [9.17, 15) is 29.7 Å². The number of primary amides is 1. The molecule has 0 radical (unpaired) electrons. The number of rotatable bonds is 8. The van der Waals surface area contributed by atoms with Crippen molar-refractivity contribution >= 4 is 18.0 Å². The summed E-state index contributed by atoms with van der Waals surface area (Å²) >= 11 is 0. The maximum atomic E-state index is 12.8. The number of carbonyl (C=O) groups excluding carboxylic acids is 2. The first-order valence-corrected chi connectivity index (χ1v) is 9.80. The van der Waals surface area contributed by atoms with E-state index < -0.39 is 42.3 Å². The van der Waals surface area contributed by atoms with Crippen LogP contribution in [0.15, 0.2) is 60.7 Å². The van der Waals surface area contributed by atoms with E-state index in [0.29, 0.717) is 0 Å². The fourth-order valence-electron chi connectivity index (χ4n) is 4.23. The Kier molecular flexibility index (Phi) is 6.69. The average Bonchev–Trinajstić information content (AvgIpc) is 3.18. The van der Waals surface area contributed by atoms with Crippen LogP contribution in [-0.2, 0) is 14.3 Å². The molecule has 1 aliphatic heterocycles. The molecule has 164 valence electrons. The number of aliphatic carboxylic acids is 2. The van der Waals surface area contributed by atoms with Crippen molar-refractivity contribution in [2.75, 3.05) is 13.1 Å². The van der Waals surface area contributed by atoms with Gasteiger partial charge in [-0.05, 0) is 0 Å². The van der Waals surface area contributed by atoms with Crippen LogP contribution in [0.5, 0.6) is 0 Å². The summed E-state index contributed by atoms with van der Waals surface area (Å²) in [4.78, 5) is 35.2. The predicted octanol–water partition coefficient (Wildman–Crippen LogP) is 0.0244. The molecule has 1 heterocycles. The van der Waals surface area contributed by atoms with Crippen molar-refractivity contribution < 1.29 is 38.9 Å². The van der Waals surface area contributed by atoms with Gasteiger partial charge in [-0.25, -0.2) is 14.1 Å². The highest BCUT2D eigenvalue weighted by atomic mass is 16.5. The number of likely N-dealkylation sites (tertiary alicyclic amines) is 1. The van der Waals surface area contributed by atoms with Crippen LogP contribution < -0.4 is 10.8 Å². The quantitative estimate of drug-likeness (QED) is 0.502. The van der Waals surface area contributed by atoms with Crippen molar-refractivity contribution in [1.29, 1.82) is 0 Å². The maximum absolute atomic E-state index is 12.8. The van der Waals surface area contributed by atoms with Crippen molar-refractivity contribution in [3.05, 3.63) is 71.8 Å². The molecule has 3 unspecified atom stereocenters.